The summed E-state index contributed by atoms with van der Waals surface area (Å²) in [6.07, 6.45) is 1.81. The minimum atomic E-state index is -0.115. The Morgan fingerprint density at radius 2 is 2.04 bits per heavy atom. The molecule has 6 heteroatoms. The van der Waals surface area contributed by atoms with Crippen molar-refractivity contribution in [3.05, 3.63) is 63.3 Å². The number of hydrogen-bond acceptors (Lipinski definition) is 3. The van der Waals surface area contributed by atoms with Gasteiger partial charge in [0.05, 0.1) is 20.9 Å². The third-order valence-corrected chi connectivity index (χ3v) is 5.10. The monoisotopic (exact) mass is 407 g/mol. The number of carbonyl (C=O) groups is 2. The molecule has 2 N–H and O–H groups in total. The lowest BCUT2D eigenvalue weighted by atomic mass is 10.1. The summed E-state index contributed by atoms with van der Waals surface area (Å²) in [5.74, 6) is -0.180. The first kappa shape index (κ1) is 18.6. The fourth-order valence-corrected chi connectivity index (χ4v) is 3.98. The molecule has 1 unspecified atom stereocenters. The van der Waals surface area contributed by atoms with Gasteiger partial charge in [-0.2, -0.15) is 0 Å². The molecule has 0 saturated heterocycles. The molecule has 2 aromatic rings. The number of halogens is 1. The maximum Gasteiger partial charge on any atom is 0.279 e. The van der Waals surface area contributed by atoms with Gasteiger partial charge in [-0.3, -0.25) is 9.59 Å². The van der Waals surface area contributed by atoms with Crippen LogP contribution in [-0.2, 0) is 11.3 Å². The van der Waals surface area contributed by atoms with Crippen molar-refractivity contribution in [2.75, 3.05) is 18.4 Å². The molecule has 2 rings (SSSR count). The Morgan fingerprint density at radius 3 is 2.67 bits per heavy atom. The van der Waals surface area contributed by atoms with E-state index in [4.69, 9.17) is 0 Å². The molecule has 0 spiro atoms. The van der Waals surface area contributed by atoms with Crippen LogP contribution in [0.4, 0.5) is 5.69 Å². The van der Waals surface area contributed by atoms with Crippen LogP contribution in [-0.4, -0.2) is 24.8 Å². The lowest BCUT2D eigenvalue weighted by molar-refractivity contribution is -0.899. The van der Waals surface area contributed by atoms with Crippen molar-refractivity contribution in [2.24, 2.45) is 0 Å². The molecule has 126 valence electrons. The first-order valence-corrected chi connectivity index (χ1v) is 9.19. The van der Waals surface area contributed by atoms with Crippen molar-refractivity contribution in [3.8, 4) is 0 Å². The van der Waals surface area contributed by atoms with Gasteiger partial charge >= 0.3 is 0 Å². The van der Waals surface area contributed by atoms with Gasteiger partial charge in [0, 0.05) is 5.56 Å². The van der Waals surface area contributed by atoms with Crippen LogP contribution in [0.3, 0.4) is 0 Å². The van der Waals surface area contributed by atoms with Crippen molar-refractivity contribution in [3.63, 3.8) is 0 Å². The van der Waals surface area contributed by atoms with Gasteiger partial charge in [0.25, 0.3) is 5.91 Å². The number of para-hydroxylation sites is 1. The number of amides is 1. The summed E-state index contributed by atoms with van der Waals surface area (Å²) in [6, 6.07) is 11.1. The number of Topliss-reactive ketones (excluding diaryl/α,β-unsaturated/α-hetero) is 1. The van der Waals surface area contributed by atoms with E-state index in [-0.39, 0.29) is 11.7 Å². The Kier molecular flexibility index (Phi) is 6.90. The molecule has 24 heavy (non-hydrogen) atoms. The highest BCUT2D eigenvalue weighted by Gasteiger charge is 2.16. The van der Waals surface area contributed by atoms with E-state index >= 15 is 0 Å². The quantitative estimate of drug-likeness (QED) is 0.521. The molecule has 0 radical (unpaired) electrons. The van der Waals surface area contributed by atoms with Gasteiger partial charge < -0.3 is 10.2 Å². The summed E-state index contributed by atoms with van der Waals surface area (Å²) < 4.78 is 1.08. The zero-order valence-electron chi connectivity index (χ0n) is 13.5. The number of anilines is 1. The number of carbonyl (C=O) groups excluding carboxylic acids is 2. The highest BCUT2D eigenvalue weighted by atomic mass is 79.9. The minimum absolute atomic E-state index is 0.0652. The van der Waals surface area contributed by atoms with E-state index in [1.54, 1.807) is 35.6 Å². The number of benzene rings is 1. The zero-order valence-corrected chi connectivity index (χ0v) is 15.9. The Balaban J connectivity index is 2.03. The Hall–Kier alpha value is -1.76. The van der Waals surface area contributed by atoms with E-state index in [1.165, 1.54) is 11.8 Å². The van der Waals surface area contributed by atoms with Crippen molar-refractivity contribution < 1.29 is 14.5 Å². The fourth-order valence-electron chi connectivity index (χ4n) is 2.42. The predicted octanol–water partition coefficient (Wildman–Crippen LogP) is 2.92. The number of rotatable bonds is 8. The topological polar surface area (TPSA) is 50.6 Å². The smallest absolute Gasteiger partial charge is 0.279 e. The van der Waals surface area contributed by atoms with Gasteiger partial charge in [0.1, 0.15) is 6.54 Å². The maximum atomic E-state index is 12.4. The van der Waals surface area contributed by atoms with Crippen molar-refractivity contribution >= 4 is 44.6 Å². The number of ketones is 1. The van der Waals surface area contributed by atoms with Crippen LogP contribution < -0.4 is 10.2 Å². The average Bonchev–Trinajstić information content (AvgIpc) is 2.92. The van der Waals surface area contributed by atoms with Crippen LogP contribution in [0.5, 0.6) is 0 Å². The molecule has 1 amide bonds. The van der Waals surface area contributed by atoms with Crippen LogP contribution in [0.25, 0.3) is 0 Å². The minimum Gasteiger partial charge on any atom is -0.320 e. The second kappa shape index (κ2) is 8.92. The van der Waals surface area contributed by atoms with Gasteiger partial charge in [-0.15, -0.1) is 11.3 Å². The molecule has 1 atom stereocenters. The molecule has 4 nitrogen and oxygen atoms in total. The van der Waals surface area contributed by atoms with Gasteiger partial charge in [0.2, 0.25) is 0 Å². The van der Waals surface area contributed by atoms with Gasteiger partial charge in [-0.25, -0.2) is 0 Å². The zero-order chi connectivity index (χ0) is 17.5. The van der Waals surface area contributed by atoms with E-state index < -0.39 is 0 Å². The SMILES string of the molecule is C=CC[NH+](CC(=O)Nc1ccccc1C(C)=O)Cc1ccc(Br)s1. The second-order valence-corrected chi connectivity index (χ2v) is 8.00. The van der Waals surface area contributed by atoms with Crippen molar-refractivity contribution in [2.45, 2.75) is 13.5 Å². The van der Waals surface area contributed by atoms with Crippen LogP contribution in [0, 0.1) is 0 Å². The largest absolute Gasteiger partial charge is 0.320 e. The molecule has 0 fully saturated rings. The average molecular weight is 408 g/mol. The molecule has 0 aliphatic rings. The molecule has 0 aliphatic heterocycles. The van der Waals surface area contributed by atoms with E-state index in [0.717, 1.165) is 15.2 Å². The summed E-state index contributed by atoms with van der Waals surface area (Å²) in [5, 5.41) is 2.85. The maximum absolute atomic E-state index is 12.4. The normalized spacial score (nSPS) is 11.8. The molecule has 1 heterocycles. The van der Waals surface area contributed by atoms with Gasteiger partial charge in [-0.05, 0) is 53.2 Å². The number of thiophene rings is 1. The Bertz CT molecular complexity index is 742. The van der Waals surface area contributed by atoms with Gasteiger partial charge in [-0.1, -0.05) is 18.7 Å². The summed E-state index contributed by atoms with van der Waals surface area (Å²) in [7, 11) is 0. The molecule has 0 bridgehead atoms. The molecular formula is C18H20BrN2O2S+. The first-order valence-electron chi connectivity index (χ1n) is 7.58. The van der Waals surface area contributed by atoms with Crippen molar-refractivity contribution in [1.29, 1.82) is 0 Å². The van der Waals surface area contributed by atoms with Crippen molar-refractivity contribution in [1.82, 2.24) is 0 Å². The second-order valence-electron chi connectivity index (χ2n) is 5.45. The number of hydrogen-bond donors (Lipinski definition) is 2. The highest BCUT2D eigenvalue weighted by molar-refractivity contribution is 9.11. The van der Waals surface area contributed by atoms with Crippen LogP contribution in [0.2, 0.25) is 0 Å². The molecule has 1 aromatic carbocycles. The highest BCUT2D eigenvalue weighted by Crippen LogP contribution is 2.21. The number of nitrogens with one attached hydrogen (secondary N) is 2. The Labute approximate surface area is 154 Å². The molecule has 0 saturated carbocycles. The first-order chi connectivity index (χ1) is 11.5. The molecular weight excluding hydrogens is 388 g/mol. The van der Waals surface area contributed by atoms with E-state index in [9.17, 15) is 9.59 Å². The van der Waals surface area contributed by atoms with Crippen LogP contribution in [0.1, 0.15) is 22.2 Å². The summed E-state index contributed by atoms with van der Waals surface area (Å²) in [5.41, 5.74) is 1.09. The van der Waals surface area contributed by atoms with Gasteiger partial charge in [0.15, 0.2) is 12.3 Å². The van der Waals surface area contributed by atoms with E-state index in [1.807, 2.05) is 12.1 Å². The summed E-state index contributed by atoms with van der Waals surface area (Å²) >= 11 is 5.12. The predicted molar refractivity (Wildman–Crippen MR) is 102 cm³/mol. The van der Waals surface area contributed by atoms with E-state index in [0.29, 0.717) is 24.3 Å². The third kappa shape index (κ3) is 5.40. The molecule has 0 aliphatic carbocycles. The number of quaternary nitrogens is 1. The third-order valence-electron chi connectivity index (χ3n) is 3.48. The van der Waals surface area contributed by atoms with Crippen LogP contribution in [0.15, 0.2) is 52.8 Å². The fraction of sp³-hybridized carbons (Fsp3) is 0.222. The van der Waals surface area contributed by atoms with Crippen LogP contribution >= 0.6 is 27.3 Å². The van der Waals surface area contributed by atoms with E-state index in [2.05, 4.69) is 33.9 Å². The summed E-state index contributed by atoms with van der Waals surface area (Å²) in [6.45, 7) is 7.03. The summed E-state index contributed by atoms with van der Waals surface area (Å²) in [4.78, 5) is 26.3. The Morgan fingerprint density at radius 1 is 1.29 bits per heavy atom. The standard InChI is InChI=1S/C18H19BrN2O2S/c1-3-10-21(11-14-8-9-17(19)24-14)12-18(23)20-16-7-5-4-6-15(16)13(2)22/h3-9H,1,10-12H2,2H3,(H,20,23)/p+1. The molecule has 1 aromatic heterocycles. The lowest BCUT2D eigenvalue weighted by Gasteiger charge is -2.17. The lowest BCUT2D eigenvalue weighted by Crippen LogP contribution is -3.11.